The van der Waals surface area contributed by atoms with E-state index in [2.05, 4.69) is 38.4 Å². The highest BCUT2D eigenvalue weighted by atomic mass is 79.9. The van der Waals surface area contributed by atoms with Crippen molar-refractivity contribution in [3.8, 4) is 0 Å². The molecule has 17 heavy (non-hydrogen) atoms. The van der Waals surface area contributed by atoms with E-state index >= 15 is 0 Å². The zero-order valence-electron chi connectivity index (χ0n) is 9.40. The average molecular weight is 297 g/mol. The van der Waals surface area contributed by atoms with Gasteiger partial charge in [0.2, 0.25) is 0 Å². The number of aryl methyl sites for hydroxylation is 1. The third-order valence-corrected chi connectivity index (χ3v) is 2.75. The SMILES string of the molecule is CCCn1cc(Br)cc1C(=O)Nc1cn[nH]c1. The summed E-state index contributed by atoms with van der Waals surface area (Å²) < 4.78 is 2.84. The normalized spacial score (nSPS) is 10.5. The first-order valence-corrected chi connectivity index (χ1v) is 6.16. The van der Waals surface area contributed by atoms with Gasteiger partial charge in [0.1, 0.15) is 5.69 Å². The van der Waals surface area contributed by atoms with Crippen molar-refractivity contribution in [2.45, 2.75) is 19.9 Å². The van der Waals surface area contributed by atoms with Gasteiger partial charge in [-0.05, 0) is 28.4 Å². The molecule has 0 radical (unpaired) electrons. The number of halogens is 1. The van der Waals surface area contributed by atoms with Crippen LogP contribution in [0.1, 0.15) is 23.8 Å². The second-order valence-electron chi connectivity index (χ2n) is 3.68. The van der Waals surface area contributed by atoms with E-state index in [9.17, 15) is 4.79 Å². The second-order valence-corrected chi connectivity index (χ2v) is 4.59. The first kappa shape index (κ1) is 11.9. The van der Waals surface area contributed by atoms with Gasteiger partial charge in [0.15, 0.2) is 0 Å². The summed E-state index contributed by atoms with van der Waals surface area (Å²) in [6.45, 7) is 2.89. The monoisotopic (exact) mass is 296 g/mol. The Hall–Kier alpha value is -1.56. The van der Waals surface area contributed by atoms with Crippen molar-refractivity contribution in [2.24, 2.45) is 0 Å². The van der Waals surface area contributed by atoms with Gasteiger partial charge in [0.05, 0.1) is 11.9 Å². The van der Waals surface area contributed by atoms with Crippen molar-refractivity contribution in [3.63, 3.8) is 0 Å². The van der Waals surface area contributed by atoms with E-state index in [4.69, 9.17) is 0 Å². The van der Waals surface area contributed by atoms with Gasteiger partial charge in [-0.25, -0.2) is 0 Å². The number of amides is 1. The fourth-order valence-corrected chi connectivity index (χ4v) is 2.07. The number of rotatable bonds is 4. The molecule has 0 aromatic carbocycles. The van der Waals surface area contributed by atoms with Crippen molar-refractivity contribution in [1.29, 1.82) is 0 Å². The van der Waals surface area contributed by atoms with Gasteiger partial charge >= 0.3 is 0 Å². The lowest BCUT2D eigenvalue weighted by atomic mass is 10.3. The minimum atomic E-state index is -0.134. The number of aromatic nitrogens is 3. The maximum atomic E-state index is 12.0. The molecule has 0 fully saturated rings. The molecule has 6 heteroatoms. The average Bonchev–Trinajstić information content (AvgIpc) is 2.88. The van der Waals surface area contributed by atoms with Crippen LogP contribution < -0.4 is 5.32 Å². The lowest BCUT2D eigenvalue weighted by molar-refractivity contribution is 0.101. The number of nitrogens with one attached hydrogen (secondary N) is 2. The van der Waals surface area contributed by atoms with E-state index in [1.807, 2.05) is 16.8 Å². The van der Waals surface area contributed by atoms with Crippen molar-refractivity contribution in [2.75, 3.05) is 5.32 Å². The number of anilines is 1. The molecule has 2 aromatic rings. The highest BCUT2D eigenvalue weighted by molar-refractivity contribution is 9.10. The minimum Gasteiger partial charge on any atom is -0.342 e. The summed E-state index contributed by atoms with van der Waals surface area (Å²) >= 11 is 3.38. The van der Waals surface area contributed by atoms with Crippen LogP contribution >= 0.6 is 15.9 Å². The molecule has 0 atom stereocenters. The maximum absolute atomic E-state index is 12.0. The lowest BCUT2D eigenvalue weighted by Crippen LogP contribution is -2.16. The van der Waals surface area contributed by atoms with Crippen LogP contribution in [-0.4, -0.2) is 20.7 Å². The fourth-order valence-electron chi connectivity index (χ4n) is 1.61. The molecule has 0 aliphatic heterocycles. The third kappa shape index (κ3) is 2.76. The second kappa shape index (κ2) is 5.18. The Balaban J connectivity index is 2.18. The van der Waals surface area contributed by atoms with Gasteiger partial charge < -0.3 is 9.88 Å². The molecular formula is C11H13BrN4O. The Kier molecular flexibility index (Phi) is 3.63. The van der Waals surface area contributed by atoms with E-state index < -0.39 is 0 Å². The van der Waals surface area contributed by atoms with Gasteiger partial charge in [-0.1, -0.05) is 6.92 Å². The molecule has 2 aromatic heterocycles. The van der Waals surface area contributed by atoms with E-state index in [-0.39, 0.29) is 5.91 Å². The largest absolute Gasteiger partial charge is 0.342 e. The molecule has 0 aliphatic rings. The summed E-state index contributed by atoms with van der Waals surface area (Å²) in [4.78, 5) is 12.0. The molecule has 2 N–H and O–H groups in total. The van der Waals surface area contributed by atoms with E-state index in [1.165, 1.54) is 0 Å². The lowest BCUT2D eigenvalue weighted by Gasteiger charge is -2.06. The number of H-pyrrole nitrogens is 1. The zero-order valence-corrected chi connectivity index (χ0v) is 11.0. The van der Waals surface area contributed by atoms with Crippen LogP contribution in [-0.2, 0) is 6.54 Å². The molecule has 0 unspecified atom stereocenters. The van der Waals surface area contributed by atoms with Gasteiger partial charge in [0, 0.05) is 23.4 Å². The first-order valence-electron chi connectivity index (χ1n) is 5.36. The molecule has 5 nitrogen and oxygen atoms in total. The number of hydrogen-bond donors (Lipinski definition) is 2. The van der Waals surface area contributed by atoms with Gasteiger partial charge in [-0.3, -0.25) is 9.89 Å². The van der Waals surface area contributed by atoms with Crippen LogP contribution in [0.3, 0.4) is 0 Å². The van der Waals surface area contributed by atoms with Crippen LogP contribution in [0, 0.1) is 0 Å². The summed E-state index contributed by atoms with van der Waals surface area (Å²) in [7, 11) is 0. The highest BCUT2D eigenvalue weighted by Gasteiger charge is 2.13. The van der Waals surface area contributed by atoms with Crippen molar-refractivity contribution in [1.82, 2.24) is 14.8 Å². The Morgan fingerprint density at radius 2 is 2.47 bits per heavy atom. The van der Waals surface area contributed by atoms with E-state index in [1.54, 1.807) is 12.4 Å². The van der Waals surface area contributed by atoms with Gasteiger partial charge in [-0.2, -0.15) is 5.10 Å². The number of aromatic amines is 1. The van der Waals surface area contributed by atoms with Crippen molar-refractivity contribution >= 4 is 27.5 Å². The van der Waals surface area contributed by atoms with Crippen molar-refractivity contribution < 1.29 is 4.79 Å². The Morgan fingerprint density at radius 3 is 3.12 bits per heavy atom. The molecule has 0 aliphatic carbocycles. The topological polar surface area (TPSA) is 62.7 Å². The summed E-state index contributed by atoms with van der Waals surface area (Å²) in [6, 6.07) is 1.81. The zero-order chi connectivity index (χ0) is 12.3. The van der Waals surface area contributed by atoms with Crippen LogP contribution in [0.25, 0.3) is 0 Å². The number of carbonyl (C=O) groups excluding carboxylic acids is 1. The summed E-state index contributed by atoms with van der Waals surface area (Å²) in [5.41, 5.74) is 1.30. The summed E-state index contributed by atoms with van der Waals surface area (Å²) in [5, 5.41) is 9.20. The molecule has 0 spiro atoms. The quantitative estimate of drug-likeness (QED) is 0.911. The predicted molar refractivity (Wildman–Crippen MR) is 69.0 cm³/mol. The molecule has 2 rings (SSSR count). The highest BCUT2D eigenvalue weighted by Crippen LogP contribution is 2.17. The predicted octanol–water partition coefficient (Wildman–Crippen LogP) is 2.64. The van der Waals surface area contributed by atoms with Crippen LogP contribution in [0.5, 0.6) is 0 Å². The number of nitrogens with zero attached hydrogens (tertiary/aromatic N) is 2. The molecule has 90 valence electrons. The van der Waals surface area contributed by atoms with Crippen molar-refractivity contribution in [3.05, 3.63) is 34.8 Å². The maximum Gasteiger partial charge on any atom is 0.272 e. The molecule has 2 heterocycles. The number of hydrogen-bond acceptors (Lipinski definition) is 2. The van der Waals surface area contributed by atoms with Gasteiger partial charge in [0.25, 0.3) is 5.91 Å². The van der Waals surface area contributed by atoms with Crippen LogP contribution in [0.15, 0.2) is 29.1 Å². The Morgan fingerprint density at radius 1 is 1.65 bits per heavy atom. The van der Waals surface area contributed by atoms with Crippen LogP contribution in [0.2, 0.25) is 0 Å². The molecule has 0 bridgehead atoms. The fraction of sp³-hybridized carbons (Fsp3) is 0.273. The Labute approximate surface area is 107 Å². The van der Waals surface area contributed by atoms with E-state index in [0.29, 0.717) is 11.4 Å². The number of carbonyl (C=O) groups is 1. The van der Waals surface area contributed by atoms with E-state index in [0.717, 1.165) is 17.4 Å². The Bertz CT molecular complexity index is 504. The molecular weight excluding hydrogens is 284 g/mol. The van der Waals surface area contributed by atoms with Crippen LogP contribution in [0.4, 0.5) is 5.69 Å². The molecule has 0 saturated heterocycles. The first-order chi connectivity index (χ1) is 8.20. The third-order valence-electron chi connectivity index (χ3n) is 2.32. The summed E-state index contributed by atoms with van der Waals surface area (Å²) in [6.07, 6.45) is 6.10. The molecule has 0 saturated carbocycles. The standard InChI is InChI=1S/C11H13BrN4O/c1-2-3-16-7-8(12)4-10(16)11(17)15-9-5-13-14-6-9/h4-7H,2-3H2,1H3,(H,13,14)(H,15,17). The van der Waals surface area contributed by atoms with Gasteiger partial charge in [-0.15, -0.1) is 0 Å². The summed E-state index contributed by atoms with van der Waals surface area (Å²) in [5.74, 6) is -0.134. The molecule has 1 amide bonds. The minimum absolute atomic E-state index is 0.134. The smallest absolute Gasteiger partial charge is 0.272 e.